The first-order valence-electron chi connectivity index (χ1n) is 13.0. The smallest absolute Gasteiger partial charge is 0.258 e. The Morgan fingerprint density at radius 1 is 1.10 bits per heavy atom. The van der Waals surface area contributed by atoms with Gasteiger partial charge in [0.25, 0.3) is 5.91 Å². The number of ether oxygens (including phenoxy) is 1. The summed E-state index contributed by atoms with van der Waals surface area (Å²) in [5.41, 5.74) is 3.82. The molecule has 1 unspecified atom stereocenters. The number of fused-ring (bicyclic) bond motifs is 1. The molecule has 10 heteroatoms. The molecule has 0 saturated carbocycles. The van der Waals surface area contributed by atoms with Gasteiger partial charge in [0.05, 0.1) is 31.0 Å². The third-order valence-electron chi connectivity index (χ3n) is 6.91. The van der Waals surface area contributed by atoms with Crippen LogP contribution in [0, 0.1) is 5.82 Å². The van der Waals surface area contributed by atoms with Crippen molar-refractivity contribution in [1.29, 1.82) is 0 Å². The van der Waals surface area contributed by atoms with E-state index in [1.165, 1.54) is 0 Å². The quantitative estimate of drug-likeness (QED) is 0.264. The van der Waals surface area contributed by atoms with Crippen molar-refractivity contribution in [1.82, 2.24) is 24.9 Å². The molecule has 8 nitrogen and oxygen atoms in total. The van der Waals surface area contributed by atoms with Crippen LogP contribution in [0.5, 0.6) is 0 Å². The van der Waals surface area contributed by atoms with E-state index in [1.54, 1.807) is 40.2 Å². The van der Waals surface area contributed by atoms with Gasteiger partial charge in [-0.2, -0.15) is 0 Å². The average Bonchev–Trinajstić information content (AvgIpc) is 3.45. The molecule has 5 aromatic rings. The van der Waals surface area contributed by atoms with Crippen molar-refractivity contribution in [2.24, 2.45) is 0 Å². The number of carbonyl (C=O) groups excluding carboxylic acids is 1. The van der Waals surface area contributed by atoms with Gasteiger partial charge in [-0.1, -0.05) is 41.6 Å². The summed E-state index contributed by atoms with van der Waals surface area (Å²) in [5.74, 6) is -0.879. The van der Waals surface area contributed by atoms with E-state index in [1.807, 2.05) is 54.7 Å². The summed E-state index contributed by atoms with van der Waals surface area (Å²) in [7, 11) is 0. The Labute approximate surface area is 238 Å². The van der Waals surface area contributed by atoms with Gasteiger partial charge in [0.15, 0.2) is 0 Å². The normalized spacial score (nSPS) is 15.3. The Bertz CT molecular complexity index is 1660. The van der Waals surface area contributed by atoms with Crippen LogP contribution < -0.4 is 5.32 Å². The standard InChI is InChI=1S/C30H26BrFN6O2/c31-26-15-21-4-1-2-7-25(21)29(32)28(26)30(39)37-12-13-40-24(17-37)18-38-19-27(35-36-38)22-5-3-6-23(14-22)34-16-20-8-10-33-11-9-20/h1-11,14-15,19,24,34H,12-13,16-18H2. The first kappa shape index (κ1) is 26.1. The molecule has 1 fully saturated rings. The summed E-state index contributed by atoms with van der Waals surface area (Å²) in [5, 5.41) is 13.2. The lowest BCUT2D eigenvalue weighted by molar-refractivity contribution is -0.0303. The lowest BCUT2D eigenvalue weighted by Gasteiger charge is -2.33. The largest absolute Gasteiger partial charge is 0.381 e. The van der Waals surface area contributed by atoms with Gasteiger partial charge in [0.2, 0.25) is 0 Å². The zero-order valence-electron chi connectivity index (χ0n) is 21.5. The van der Waals surface area contributed by atoms with Crippen LogP contribution in [0.15, 0.2) is 89.8 Å². The topological polar surface area (TPSA) is 85.2 Å². The van der Waals surface area contributed by atoms with Crippen molar-refractivity contribution < 1.29 is 13.9 Å². The number of hydrogen-bond donors (Lipinski definition) is 1. The lowest BCUT2D eigenvalue weighted by Crippen LogP contribution is -2.47. The minimum absolute atomic E-state index is 0.0415. The second-order valence-corrected chi connectivity index (χ2v) is 10.5. The Hall–Kier alpha value is -4.15. The van der Waals surface area contributed by atoms with Crippen LogP contribution in [-0.2, 0) is 17.8 Å². The summed E-state index contributed by atoms with van der Waals surface area (Å²) in [6.45, 7) is 2.16. The predicted molar refractivity (Wildman–Crippen MR) is 154 cm³/mol. The van der Waals surface area contributed by atoms with Gasteiger partial charge in [-0.3, -0.25) is 9.78 Å². The first-order valence-corrected chi connectivity index (χ1v) is 13.8. The van der Waals surface area contributed by atoms with Crippen LogP contribution in [0.25, 0.3) is 22.0 Å². The van der Waals surface area contributed by atoms with Gasteiger partial charge in [-0.15, -0.1) is 5.10 Å². The molecule has 3 aromatic carbocycles. The lowest BCUT2D eigenvalue weighted by atomic mass is 10.0. The number of pyridine rings is 1. The van der Waals surface area contributed by atoms with Gasteiger partial charge < -0.3 is 15.0 Å². The Morgan fingerprint density at radius 3 is 2.83 bits per heavy atom. The number of benzene rings is 3. The first-order chi connectivity index (χ1) is 19.5. The maximum absolute atomic E-state index is 15.4. The number of morpholine rings is 1. The van der Waals surface area contributed by atoms with E-state index >= 15 is 4.39 Å². The summed E-state index contributed by atoms with van der Waals surface area (Å²) in [4.78, 5) is 19.1. The number of amides is 1. The summed E-state index contributed by atoms with van der Waals surface area (Å²) >= 11 is 3.41. The zero-order valence-corrected chi connectivity index (χ0v) is 23.1. The van der Waals surface area contributed by atoms with E-state index in [2.05, 4.69) is 36.5 Å². The van der Waals surface area contributed by atoms with E-state index in [9.17, 15) is 4.79 Å². The number of aromatic nitrogens is 4. The van der Waals surface area contributed by atoms with Crippen molar-refractivity contribution in [2.75, 3.05) is 25.0 Å². The molecule has 0 aliphatic carbocycles. The molecule has 2 aromatic heterocycles. The molecule has 40 heavy (non-hydrogen) atoms. The molecule has 1 N–H and O–H groups in total. The highest BCUT2D eigenvalue weighted by Crippen LogP contribution is 2.30. The van der Waals surface area contributed by atoms with Crippen LogP contribution in [0.4, 0.5) is 10.1 Å². The maximum Gasteiger partial charge on any atom is 0.258 e. The molecule has 1 atom stereocenters. The number of nitrogens with zero attached hydrogens (tertiary/aromatic N) is 5. The fourth-order valence-electron chi connectivity index (χ4n) is 4.86. The average molecular weight is 601 g/mol. The number of halogens is 2. The highest BCUT2D eigenvalue weighted by Gasteiger charge is 2.29. The second kappa shape index (κ2) is 11.5. The minimum atomic E-state index is -0.517. The molecule has 202 valence electrons. The van der Waals surface area contributed by atoms with Crippen molar-refractivity contribution in [2.45, 2.75) is 19.2 Å². The number of rotatable bonds is 7. The molecule has 3 heterocycles. The Kier molecular flexibility index (Phi) is 7.52. The van der Waals surface area contributed by atoms with Gasteiger partial charge in [0.1, 0.15) is 11.5 Å². The number of hydrogen-bond acceptors (Lipinski definition) is 6. The van der Waals surface area contributed by atoms with Crippen molar-refractivity contribution in [3.63, 3.8) is 0 Å². The SMILES string of the molecule is O=C(c1c(Br)cc2ccccc2c1F)N1CCOC(Cn2cc(-c3cccc(NCc4ccncc4)c3)nn2)C1. The van der Waals surface area contributed by atoms with E-state index in [-0.39, 0.29) is 17.6 Å². The molecule has 0 spiro atoms. The van der Waals surface area contributed by atoms with E-state index in [4.69, 9.17) is 4.74 Å². The number of nitrogens with one attached hydrogen (secondary N) is 1. The molecular formula is C30H26BrFN6O2. The van der Waals surface area contributed by atoms with Crippen molar-refractivity contribution in [3.05, 3.63) is 107 Å². The summed E-state index contributed by atoms with van der Waals surface area (Å²) in [6, 6.07) is 20.8. The molecular weight excluding hydrogens is 575 g/mol. The van der Waals surface area contributed by atoms with Crippen LogP contribution in [0.1, 0.15) is 15.9 Å². The molecule has 1 aliphatic rings. The van der Waals surface area contributed by atoms with Gasteiger partial charge >= 0.3 is 0 Å². The third kappa shape index (κ3) is 5.59. The van der Waals surface area contributed by atoms with Crippen LogP contribution >= 0.6 is 15.9 Å². The maximum atomic E-state index is 15.4. The molecule has 1 aliphatic heterocycles. The number of anilines is 1. The molecule has 6 rings (SSSR count). The highest BCUT2D eigenvalue weighted by molar-refractivity contribution is 9.10. The van der Waals surface area contributed by atoms with Crippen molar-refractivity contribution >= 4 is 38.3 Å². The van der Waals surface area contributed by atoms with Crippen LogP contribution in [0.3, 0.4) is 0 Å². The van der Waals surface area contributed by atoms with E-state index in [0.29, 0.717) is 42.6 Å². The van der Waals surface area contributed by atoms with Crippen molar-refractivity contribution in [3.8, 4) is 11.3 Å². The number of carbonyl (C=O) groups is 1. The summed E-state index contributed by atoms with van der Waals surface area (Å²) in [6.07, 6.45) is 5.11. The van der Waals surface area contributed by atoms with Crippen LogP contribution in [0.2, 0.25) is 0 Å². The molecule has 0 radical (unpaired) electrons. The fraction of sp³-hybridized carbons (Fsp3) is 0.200. The molecule has 1 amide bonds. The summed E-state index contributed by atoms with van der Waals surface area (Å²) < 4.78 is 23.5. The van der Waals surface area contributed by atoms with Gasteiger partial charge in [-0.05, 0) is 57.2 Å². The molecule has 1 saturated heterocycles. The minimum Gasteiger partial charge on any atom is -0.381 e. The second-order valence-electron chi connectivity index (χ2n) is 9.63. The highest BCUT2D eigenvalue weighted by atomic mass is 79.9. The molecule has 0 bridgehead atoms. The van der Waals surface area contributed by atoms with Crippen LogP contribution in [-0.4, -0.2) is 56.6 Å². The van der Waals surface area contributed by atoms with Gasteiger partial charge in [0, 0.05) is 53.1 Å². The fourth-order valence-corrected chi connectivity index (χ4v) is 5.45. The third-order valence-corrected chi connectivity index (χ3v) is 7.54. The Morgan fingerprint density at radius 2 is 1.95 bits per heavy atom. The Balaban J connectivity index is 1.12. The monoisotopic (exact) mass is 600 g/mol. The van der Waals surface area contributed by atoms with Gasteiger partial charge in [-0.25, -0.2) is 9.07 Å². The van der Waals surface area contributed by atoms with E-state index in [0.717, 1.165) is 27.9 Å². The zero-order chi connectivity index (χ0) is 27.5. The predicted octanol–water partition coefficient (Wildman–Crippen LogP) is 5.55. The van der Waals surface area contributed by atoms with E-state index < -0.39 is 5.82 Å².